The normalized spacial score (nSPS) is 28.6. The third kappa shape index (κ3) is 6.29. The molecule has 5 atom stereocenters. The van der Waals surface area contributed by atoms with Crippen LogP contribution in [-0.2, 0) is 43.0 Å². The van der Waals surface area contributed by atoms with E-state index in [9.17, 15) is 19.2 Å². The number of rotatable bonds is 6. The molecule has 0 aliphatic carbocycles. The van der Waals surface area contributed by atoms with Crippen molar-refractivity contribution in [3.8, 4) is 0 Å². The van der Waals surface area contributed by atoms with E-state index in [0.29, 0.717) is 0 Å². The Kier molecular flexibility index (Phi) is 7.74. The third-order valence-electron chi connectivity index (χ3n) is 3.21. The van der Waals surface area contributed by atoms with Gasteiger partial charge in [0.2, 0.25) is 12.2 Å². The molecular formula is C14H22N2O9. The van der Waals surface area contributed by atoms with Crippen LogP contribution in [0, 0.1) is 0 Å². The second kappa shape index (κ2) is 9.30. The molecule has 1 rings (SSSR count). The van der Waals surface area contributed by atoms with Crippen molar-refractivity contribution in [2.24, 2.45) is 5.90 Å². The standard InChI is InChI=1S/C14H22N2O9/c1-6(17)16-11-13(23-9(4)20)12(22-8(3)19)10(5-21-7(2)18)24-14(11)25-15/h10-14H,5,15H2,1-4H3,(H,16,17)/t10-,11-,12-,13-,14+/m1/s1. The van der Waals surface area contributed by atoms with E-state index in [1.165, 1.54) is 13.8 Å². The SMILES string of the molecule is CC(=O)N[C@H]1[C@H](ON)O[C@H](COC(C)=O)[C@@H](OC(C)=O)[C@@H]1OC(C)=O. The van der Waals surface area contributed by atoms with Crippen LogP contribution in [0.4, 0.5) is 0 Å². The summed E-state index contributed by atoms with van der Waals surface area (Å²) >= 11 is 0. The number of carbonyl (C=O) groups excluding carboxylic acids is 4. The van der Waals surface area contributed by atoms with Crippen LogP contribution in [0.3, 0.4) is 0 Å². The molecule has 0 aromatic carbocycles. The smallest absolute Gasteiger partial charge is 0.303 e. The molecule has 142 valence electrons. The number of nitrogens with two attached hydrogens (primary N) is 1. The number of hydrogen-bond acceptors (Lipinski definition) is 10. The van der Waals surface area contributed by atoms with Crippen molar-refractivity contribution in [3.63, 3.8) is 0 Å². The lowest BCUT2D eigenvalue weighted by Crippen LogP contribution is -2.67. The number of hydrogen-bond donors (Lipinski definition) is 2. The fraction of sp³-hybridized carbons (Fsp3) is 0.714. The van der Waals surface area contributed by atoms with Gasteiger partial charge >= 0.3 is 17.9 Å². The van der Waals surface area contributed by atoms with Crippen LogP contribution in [0.5, 0.6) is 0 Å². The molecular weight excluding hydrogens is 340 g/mol. The Labute approximate surface area is 144 Å². The van der Waals surface area contributed by atoms with E-state index in [2.05, 4.69) is 5.32 Å². The predicted molar refractivity (Wildman–Crippen MR) is 79.3 cm³/mol. The molecule has 11 heteroatoms. The van der Waals surface area contributed by atoms with Gasteiger partial charge in [-0.05, 0) is 0 Å². The summed E-state index contributed by atoms with van der Waals surface area (Å²) < 4.78 is 20.8. The maximum atomic E-state index is 11.5. The van der Waals surface area contributed by atoms with Crippen LogP contribution in [0.25, 0.3) is 0 Å². The van der Waals surface area contributed by atoms with Crippen LogP contribution < -0.4 is 11.2 Å². The van der Waals surface area contributed by atoms with E-state index in [1.807, 2.05) is 0 Å². The number of amides is 1. The molecule has 25 heavy (non-hydrogen) atoms. The van der Waals surface area contributed by atoms with E-state index < -0.39 is 54.5 Å². The van der Waals surface area contributed by atoms with Gasteiger partial charge in [0.25, 0.3) is 0 Å². The molecule has 1 amide bonds. The van der Waals surface area contributed by atoms with Gasteiger partial charge in [-0.1, -0.05) is 0 Å². The van der Waals surface area contributed by atoms with Gasteiger partial charge in [0.1, 0.15) is 18.8 Å². The molecule has 1 saturated heterocycles. The number of carbonyl (C=O) groups is 4. The van der Waals surface area contributed by atoms with Crippen molar-refractivity contribution >= 4 is 23.8 Å². The molecule has 1 fully saturated rings. The Balaban J connectivity index is 3.18. The first-order valence-electron chi connectivity index (χ1n) is 7.41. The lowest BCUT2D eigenvalue weighted by molar-refractivity contribution is -0.279. The average Bonchev–Trinajstić information content (AvgIpc) is 2.48. The molecule has 0 aromatic rings. The van der Waals surface area contributed by atoms with Crippen molar-refractivity contribution in [3.05, 3.63) is 0 Å². The van der Waals surface area contributed by atoms with E-state index in [0.717, 1.165) is 13.8 Å². The number of ether oxygens (including phenoxy) is 4. The van der Waals surface area contributed by atoms with E-state index >= 15 is 0 Å². The van der Waals surface area contributed by atoms with Crippen LogP contribution in [0.2, 0.25) is 0 Å². The monoisotopic (exact) mass is 362 g/mol. The van der Waals surface area contributed by atoms with Crippen LogP contribution >= 0.6 is 0 Å². The Morgan fingerprint density at radius 1 is 0.960 bits per heavy atom. The first-order valence-corrected chi connectivity index (χ1v) is 7.41. The lowest BCUT2D eigenvalue weighted by Gasteiger charge is -2.44. The number of esters is 3. The number of nitrogens with one attached hydrogen (secondary N) is 1. The molecule has 0 radical (unpaired) electrons. The maximum Gasteiger partial charge on any atom is 0.303 e. The van der Waals surface area contributed by atoms with Crippen molar-refractivity contribution in [2.75, 3.05) is 6.61 Å². The van der Waals surface area contributed by atoms with Gasteiger partial charge in [-0.2, -0.15) is 0 Å². The highest BCUT2D eigenvalue weighted by Crippen LogP contribution is 2.27. The van der Waals surface area contributed by atoms with Crippen molar-refractivity contribution in [1.29, 1.82) is 0 Å². The molecule has 3 N–H and O–H groups in total. The van der Waals surface area contributed by atoms with Gasteiger partial charge in [0.15, 0.2) is 12.2 Å². The van der Waals surface area contributed by atoms with Crippen LogP contribution in [-0.4, -0.2) is 61.1 Å². The van der Waals surface area contributed by atoms with Gasteiger partial charge in [0.05, 0.1) is 0 Å². The highest BCUT2D eigenvalue weighted by molar-refractivity contribution is 5.73. The summed E-state index contributed by atoms with van der Waals surface area (Å²) in [5.74, 6) is 2.74. The van der Waals surface area contributed by atoms with Crippen LogP contribution in [0.15, 0.2) is 0 Å². The summed E-state index contributed by atoms with van der Waals surface area (Å²) in [5.41, 5.74) is 0. The molecule has 0 aromatic heterocycles. The van der Waals surface area contributed by atoms with Gasteiger partial charge in [-0.3, -0.25) is 24.0 Å². The van der Waals surface area contributed by atoms with Crippen LogP contribution in [0.1, 0.15) is 27.7 Å². The summed E-state index contributed by atoms with van der Waals surface area (Å²) in [5, 5.41) is 2.48. The van der Waals surface area contributed by atoms with Gasteiger partial charge < -0.3 is 24.3 Å². The van der Waals surface area contributed by atoms with Crippen molar-refractivity contribution < 1.29 is 43.0 Å². The maximum absolute atomic E-state index is 11.5. The molecule has 1 heterocycles. The Morgan fingerprint density at radius 3 is 1.96 bits per heavy atom. The molecule has 11 nitrogen and oxygen atoms in total. The summed E-state index contributed by atoms with van der Waals surface area (Å²) in [6.07, 6.45) is -4.60. The topological polar surface area (TPSA) is 152 Å². The summed E-state index contributed by atoms with van der Waals surface area (Å²) in [7, 11) is 0. The fourth-order valence-corrected chi connectivity index (χ4v) is 2.41. The predicted octanol–water partition coefficient (Wildman–Crippen LogP) is -1.47. The zero-order valence-electron chi connectivity index (χ0n) is 14.3. The first kappa shape index (κ1) is 20.8. The minimum atomic E-state index is -1.24. The quantitative estimate of drug-likeness (QED) is 0.325. The highest BCUT2D eigenvalue weighted by Gasteiger charge is 2.51. The fourth-order valence-electron chi connectivity index (χ4n) is 2.41. The summed E-state index contributed by atoms with van der Waals surface area (Å²) in [4.78, 5) is 50.1. The zero-order chi connectivity index (χ0) is 19.1. The molecule has 0 spiro atoms. The molecule has 1 aliphatic rings. The Bertz CT molecular complexity index is 524. The van der Waals surface area contributed by atoms with E-state index in [-0.39, 0.29) is 6.61 Å². The third-order valence-corrected chi connectivity index (χ3v) is 3.21. The molecule has 0 bridgehead atoms. The van der Waals surface area contributed by atoms with E-state index in [4.69, 9.17) is 29.7 Å². The Morgan fingerprint density at radius 2 is 1.52 bits per heavy atom. The Hall–Kier alpha value is -2.24. The highest BCUT2D eigenvalue weighted by atomic mass is 16.8. The minimum absolute atomic E-state index is 0.308. The van der Waals surface area contributed by atoms with Gasteiger partial charge in [-0.15, -0.1) is 0 Å². The molecule has 0 unspecified atom stereocenters. The minimum Gasteiger partial charge on any atom is -0.463 e. The summed E-state index contributed by atoms with van der Waals surface area (Å²) in [6.45, 7) is 4.39. The first-order chi connectivity index (χ1) is 11.6. The summed E-state index contributed by atoms with van der Waals surface area (Å²) in [6, 6.07) is -1.05. The zero-order valence-corrected chi connectivity index (χ0v) is 14.3. The average molecular weight is 362 g/mol. The van der Waals surface area contributed by atoms with Gasteiger partial charge in [0, 0.05) is 27.7 Å². The molecule has 0 saturated carbocycles. The second-order valence-electron chi connectivity index (χ2n) is 5.36. The molecule has 1 aliphatic heterocycles. The van der Waals surface area contributed by atoms with E-state index in [1.54, 1.807) is 0 Å². The van der Waals surface area contributed by atoms with Crippen molar-refractivity contribution in [1.82, 2.24) is 5.32 Å². The van der Waals surface area contributed by atoms with Gasteiger partial charge in [-0.25, -0.2) is 5.90 Å². The lowest BCUT2D eigenvalue weighted by atomic mass is 9.96. The largest absolute Gasteiger partial charge is 0.463 e. The van der Waals surface area contributed by atoms with Crippen molar-refractivity contribution in [2.45, 2.75) is 58.3 Å². The second-order valence-corrected chi connectivity index (χ2v) is 5.36.